The second kappa shape index (κ2) is 11.5. The van der Waals surface area contributed by atoms with Gasteiger partial charge in [0.25, 0.3) is 0 Å². The van der Waals surface area contributed by atoms with Gasteiger partial charge in [0.15, 0.2) is 0 Å². The van der Waals surface area contributed by atoms with Crippen molar-refractivity contribution in [3.05, 3.63) is 58.8 Å². The van der Waals surface area contributed by atoms with Gasteiger partial charge in [0, 0.05) is 73.7 Å². The molecule has 2 saturated heterocycles. The number of rotatable bonds is 9. The van der Waals surface area contributed by atoms with Crippen molar-refractivity contribution in [3.63, 3.8) is 0 Å². The Morgan fingerprint density at radius 3 is 2.73 bits per heavy atom. The van der Waals surface area contributed by atoms with Crippen molar-refractivity contribution < 1.29 is 13.2 Å². The molecule has 0 radical (unpaired) electrons. The van der Waals surface area contributed by atoms with E-state index in [2.05, 4.69) is 39.8 Å². The number of fused-ring (bicyclic) bond motifs is 1. The van der Waals surface area contributed by atoms with Crippen molar-refractivity contribution in [2.45, 2.75) is 63.2 Å². The summed E-state index contributed by atoms with van der Waals surface area (Å²) in [5.74, 6) is 0.914. The molecule has 200 valence electrons. The Kier molecular flexibility index (Phi) is 8.12. The molecular weight excluding hydrogens is 486 g/mol. The first-order valence-electron chi connectivity index (χ1n) is 13.7. The minimum absolute atomic E-state index is 0.276. The van der Waals surface area contributed by atoms with Gasteiger partial charge < -0.3 is 14.6 Å². The van der Waals surface area contributed by atoms with Crippen LogP contribution < -0.4 is 10.7 Å². The van der Waals surface area contributed by atoms with Gasteiger partial charge in [-0.15, -0.1) is 0 Å². The molecule has 5 rings (SSSR count). The number of nitrogens with zero attached hydrogens (tertiary/aromatic N) is 4. The predicted octanol–water partition coefficient (Wildman–Crippen LogP) is 3.15. The van der Waals surface area contributed by atoms with E-state index >= 15 is 0 Å². The molecule has 2 atom stereocenters. The van der Waals surface area contributed by atoms with Gasteiger partial charge in [-0.1, -0.05) is 20.3 Å². The average Bonchev–Trinajstić information content (AvgIpc) is 3.56. The molecule has 3 aliphatic heterocycles. The van der Waals surface area contributed by atoms with Gasteiger partial charge in [-0.3, -0.25) is 4.98 Å². The van der Waals surface area contributed by atoms with E-state index < -0.39 is 10.0 Å². The van der Waals surface area contributed by atoms with Gasteiger partial charge in [0.2, 0.25) is 10.0 Å². The van der Waals surface area contributed by atoms with Crippen LogP contribution in [0.1, 0.15) is 64.0 Å². The van der Waals surface area contributed by atoms with Crippen LogP contribution in [-0.4, -0.2) is 67.0 Å². The lowest BCUT2D eigenvalue weighted by Crippen LogP contribution is -2.40. The largest absolute Gasteiger partial charge is 0.379 e. The monoisotopic (exact) mass is 525 g/mol. The van der Waals surface area contributed by atoms with E-state index in [0.29, 0.717) is 38.1 Å². The number of sulfonamides is 1. The lowest BCUT2D eigenvalue weighted by molar-refractivity contribution is 0.0730. The highest BCUT2D eigenvalue weighted by atomic mass is 32.2. The molecule has 2 aromatic rings. The van der Waals surface area contributed by atoms with E-state index in [9.17, 15) is 8.42 Å². The summed E-state index contributed by atoms with van der Waals surface area (Å²) in [6.45, 7) is 8.19. The number of aromatic nitrogens is 2. The van der Waals surface area contributed by atoms with Crippen LogP contribution in [0.5, 0.6) is 0 Å². The summed E-state index contributed by atoms with van der Waals surface area (Å²) in [7, 11) is -3.52. The SMILES string of the molecule is CCCC(C[C@@H]1CCN(C2=c3cc[nH]c3=NC=C(CC)C2)C1)c1ccc(S(=O)(=O)N2CCOCC2)cn1. The zero-order chi connectivity index (χ0) is 25.8. The Morgan fingerprint density at radius 1 is 1.16 bits per heavy atom. The molecule has 0 amide bonds. The van der Waals surface area contributed by atoms with Crippen LogP contribution >= 0.6 is 0 Å². The van der Waals surface area contributed by atoms with Crippen molar-refractivity contribution >= 4 is 15.7 Å². The smallest absolute Gasteiger partial charge is 0.244 e. The van der Waals surface area contributed by atoms with Crippen LogP contribution in [0.2, 0.25) is 0 Å². The van der Waals surface area contributed by atoms with Gasteiger partial charge in [-0.2, -0.15) is 4.31 Å². The van der Waals surface area contributed by atoms with E-state index in [1.54, 1.807) is 12.3 Å². The molecule has 8 nitrogen and oxygen atoms in total. The van der Waals surface area contributed by atoms with Crippen molar-refractivity contribution in [1.82, 2.24) is 19.2 Å². The fraction of sp³-hybridized carbons (Fsp3) is 0.571. The lowest BCUT2D eigenvalue weighted by Gasteiger charge is -2.26. The molecule has 3 aliphatic rings. The third-order valence-corrected chi connectivity index (χ3v) is 9.85. The molecule has 0 aliphatic carbocycles. The van der Waals surface area contributed by atoms with Gasteiger partial charge in [0.1, 0.15) is 10.4 Å². The van der Waals surface area contributed by atoms with Crippen molar-refractivity contribution in [2.24, 2.45) is 10.9 Å². The Balaban J connectivity index is 1.29. The predicted molar refractivity (Wildman–Crippen MR) is 144 cm³/mol. The first kappa shape index (κ1) is 26.1. The zero-order valence-electron chi connectivity index (χ0n) is 22.0. The lowest BCUT2D eigenvalue weighted by atomic mass is 9.88. The second-order valence-electron chi connectivity index (χ2n) is 10.4. The summed E-state index contributed by atoms with van der Waals surface area (Å²) in [4.78, 5) is 15.5. The van der Waals surface area contributed by atoms with E-state index in [-0.39, 0.29) is 4.90 Å². The van der Waals surface area contributed by atoms with Crippen molar-refractivity contribution in [3.8, 4) is 0 Å². The molecule has 2 aromatic heterocycles. The standard InChI is InChI=1S/C28H39N5O3S/c1-3-5-23(26-7-6-24(19-30-26)37(34,35)33-12-14-36-15-13-33)16-22-9-11-32(20-22)27-17-21(4-2)18-31-28-25(27)8-10-29-28/h6-8,10,18-19,22-23H,3-5,9,11-17,20H2,1-2H3,(H,29,31)/t22-,23?/m0/s1. The van der Waals surface area contributed by atoms with Crippen molar-refractivity contribution in [2.75, 3.05) is 39.4 Å². The molecule has 37 heavy (non-hydrogen) atoms. The average molecular weight is 526 g/mol. The van der Waals surface area contributed by atoms with Gasteiger partial charge >= 0.3 is 0 Å². The Hall–Kier alpha value is -2.49. The normalized spacial score (nSPS) is 21.8. The number of hydrogen-bond donors (Lipinski definition) is 1. The highest BCUT2D eigenvalue weighted by Gasteiger charge is 2.30. The number of nitrogens with one attached hydrogen (secondary N) is 1. The fourth-order valence-electron chi connectivity index (χ4n) is 5.84. The summed E-state index contributed by atoms with van der Waals surface area (Å²) >= 11 is 0. The van der Waals surface area contributed by atoms with Crippen LogP contribution in [0.4, 0.5) is 0 Å². The number of hydrogen-bond acceptors (Lipinski definition) is 6. The maximum atomic E-state index is 13.0. The molecule has 9 heteroatoms. The Labute approximate surface area is 220 Å². The number of likely N-dealkylation sites (tertiary alicyclic amines) is 1. The molecule has 0 aromatic carbocycles. The highest BCUT2D eigenvalue weighted by molar-refractivity contribution is 7.89. The molecule has 2 fully saturated rings. The molecule has 0 saturated carbocycles. The molecule has 0 bridgehead atoms. The van der Waals surface area contributed by atoms with Crippen LogP contribution in [0.3, 0.4) is 0 Å². The first-order valence-corrected chi connectivity index (χ1v) is 15.1. The number of morpholine rings is 1. The quantitative estimate of drug-likeness (QED) is 0.543. The number of aromatic amines is 1. The third kappa shape index (κ3) is 5.68. The molecule has 1 unspecified atom stereocenters. The van der Waals surface area contributed by atoms with E-state index in [1.807, 2.05) is 18.5 Å². The summed E-state index contributed by atoms with van der Waals surface area (Å²) in [5, 5.41) is 1.23. The van der Waals surface area contributed by atoms with E-state index in [0.717, 1.165) is 62.8 Å². The van der Waals surface area contributed by atoms with Crippen LogP contribution in [-0.2, 0) is 14.8 Å². The van der Waals surface area contributed by atoms with Crippen LogP contribution in [0, 0.1) is 5.92 Å². The summed E-state index contributed by atoms with van der Waals surface area (Å²) in [5.41, 5.74) is 4.72. The highest BCUT2D eigenvalue weighted by Crippen LogP contribution is 2.34. The minimum atomic E-state index is -3.52. The Bertz CT molecular complexity index is 1330. The number of H-pyrrole nitrogens is 1. The minimum Gasteiger partial charge on any atom is -0.379 e. The van der Waals surface area contributed by atoms with Crippen LogP contribution in [0.15, 0.2) is 52.3 Å². The van der Waals surface area contributed by atoms with Crippen LogP contribution in [0.25, 0.3) is 5.70 Å². The summed E-state index contributed by atoms with van der Waals surface area (Å²) in [6, 6.07) is 5.84. The fourth-order valence-corrected chi connectivity index (χ4v) is 7.19. The zero-order valence-corrected chi connectivity index (χ0v) is 22.8. The summed E-state index contributed by atoms with van der Waals surface area (Å²) < 4.78 is 32.8. The number of pyridine rings is 1. The third-order valence-electron chi connectivity index (χ3n) is 7.97. The van der Waals surface area contributed by atoms with E-state index in [1.165, 1.54) is 20.8 Å². The van der Waals surface area contributed by atoms with Gasteiger partial charge in [-0.25, -0.2) is 13.4 Å². The maximum Gasteiger partial charge on any atom is 0.244 e. The van der Waals surface area contributed by atoms with E-state index in [4.69, 9.17) is 4.74 Å². The summed E-state index contributed by atoms with van der Waals surface area (Å²) in [6.07, 6.45) is 11.9. The molecule has 1 N–H and O–H groups in total. The van der Waals surface area contributed by atoms with Crippen molar-refractivity contribution in [1.29, 1.82) is 0 Å². The Morgan fingerprint density at radius 2 is 2.00 bits per heavy atom. The van der Waals surface area contributed by atoms with Gasteiger partial charge in [0.05, 0.1) is 13.2 Å². The topological polar surface area (TPSA) is 90.9 Å². The molecule has 5 heterocycles. The first-order chi connectivity index (χ1) is 18.0. The maximum absolute atomic E-state index is 13.0. The number of ether oxygens (including phenoxy) is 1. The second-order valence-corrected chi connectivity index (χ2v) is 12.3. The van der Waals surface area contributed by atoms with Gasteiger partial charge in [-0.05, 0) is 55.4 Å². The molecular formula is C28H39N5O3S. The molecule has 0 spiro atoms.